The monoisotopic (exact) mass is 444 g/mol. The fourth-order valence-corrected chi connectivity index (χ4v) is 3.17. The van der Waals surface area contributed by atoms with Gasteiger partial charge in [0.1, 0.15) is 17.2 Å². The maximum atomic E-state index is 12.8. The maximum absolute atomic E-state index is 12.8. The molecule has 1 aromatic heterocycles. The van der Waals surface area contributed by atoms with Crippen molar-refractivity contribution in [1.29, 1.82) is 5.41 Å². The zero-order valence-corrected chi connectivity index (χ0v) is 18.0. The number of phenols is 1. The van der Waals surface area contributed by atoms with E-state index >= 15 is 0 Å². The van der Waals surface area contributed by atoms with Crippen molar-refractivity contribution in [2.24, 2.45) is 5.73 Å². The zero-order valence-electron chi connectivity index (χ0n) is 18.0. The number of nitrogens with two attached hydrogens (primary N) is 1. The van der Waals surface area contributed by atoms with E-state index in [1.165, 1.54) is 13.2 Å². The molecule has 168 valence electrons. The number of nitrogens with one attached hydrogen (secondary N) is 2. The van der Waals surface area contributed by atoms with Crippen molar-refractivity contribution in [3.63, 3.8) is 0 Å². The number of aromatic hydroxyl groups is 1. The Kier molecular flexibility index (Phi) is 7.54. The summed E-state index contributed by atoms with van der Waals surface area (Å²) in [5, 5.41) is 21.4. The van der Waals surface area contributed by atoms with Crippen LogP contribution >= 0.6 is 0 Å². The highest BCUT2D eigenvalue weighted by molar-refractivity contribution is 6.09. The van der Waals surface area contributed by atoms with Crippen molar-refractivity contribution >= 4 is 17.4 Å². The van der Waals surface area contributed by atoms with Crippen LogP contribution < -0.4 is 15.8 Å². The second-order valence-electron chi connectivity index (χ2n) is 7.20. The predicted octanol–water partition coefficient (Wildman–Crippen LogP) is 3.14. The van der Waals surface area contributed by atoms with Crippen molar-refractivity contribution in [1.82, 2.24) is 10.3 Å². The number of amides is 1. The van der Waals surface area contributed by atoms with Gasteiger partial charge in [0, 0.05) is 47.3 Å². The van der Waals surface area contributed by atoms with Crippen LogP contribution in [0.2, 0.25) is 0 Å². The van der Waals surface area contributed by atoms with Gasteiger partial charge in [-0.2, -0.15) is 0 Å². The van der Waals surface area contributed by atoms with Crippen LogP contribution in [-0.4, -0.2) is 34.6 Å². The summed E-state index contributed by atoms with van der Waals surface area (Å²) in [7, 11) is 1.52. The van der Waals surface area contributed by atoms with Gasteiger partial charge in [-0.3, -0.25) is 14.6 Å². The Hall–Kier alpha value is -4.46. The number of methoxy groups -OCH3 is 1. The van der Waals surface area contributed by atoms with E-state index in [1.807, 2.05) is 0 Å². The smallest absolute Gasteiger partial charge is 0.267 e. The molecule has 33 heavy (non-hydrogen) atoms. The highest BCUT2D eigenvalue weighted by Crippen LogP contribution is 2.27. The second-order valence-corrected chi connectivity index (χ2v) is 7.20. The molecule has 0 spiro atoms. The molecule has 1 heterocycles. The van der Waals surface area contributed by atoms with Crippen LogP contribution in [0.5, 0.6) is 11.5 Å². The summed E-state index contributed by atoms with van der Waals surface area (Å²) >= 11 is 0. The number of allylic oxidation sites excluding steroid dienone is 1. The van der Waals surface area contributed by atoms with Crippen LogP contribution in [0.25, 0.3) is 0 Å². The first-order valence-electron chi connectivity index (χ1n) is 10.1. The van der Waals surface area contributed by atoms with Gasteiger partial charge in [0.15, 0.2) is 5.78 Å². The first-order chi connectivity index (χ1) is 15.9. The summed E-state index contributed by atoms with van der Waals surface area (Å²) < 4.78 is 5.07. The van der Waals surface area contributed by atoms with Crippen LogP contribution in [0.3, 0.4) is 0 Å². The van der Waals surface area contributed by atoms with Crippen LogP contribution in [0.1, 0.15) is 33.9 Å². The molecule has 1 amide bonds. The number of carbonyl (C=O) groups is 2. The lowest BCUT2D eigenvalue weighted by molar-refractivity contribution is -0.118. The SMILES string of the molecule is COc1ccc(C(=O)C=C(N)C(=O)NC(CC(=N)c2cccnc2)c2ccccc2O)cc1. The molecule has 1 atom stereocenters. The molecule has 0 bridgehead atoms. The number of pyridine rings is 1. The van der Waals surface area contributed by atoms with Crippen LogP contribution in [0.15, 0.2) is 84.8 Å². The Morgan fingerprint density at radius 3 is 2.48 bits per heavy atom. The predicted molar refractivity (Wildman–Crippen MR) is 124 cm³/mol. The third kappa shape index (κ3) is 6.04. The number of ether oxygens (including phenoxy) is 1. The van der Waals surface area contributed by atoms with E-state index in [0.717, 1.165) is 6.08 Å². The maximum Gasteiger partial charge on any atom is 0.267 e. The topological polar surface area (TPSA) is 138 Å². The Balaban J connectivity index is 1.80. The standard InChI is InChI=1S/C25H24N4O4/c1-33-18-10-8-16(9-11-18)24(31)14-21(27)25(32)29-22(19-6-2-3-7-23(19)30)13-20(26)17-5-4-12-28-15-17/h2-12,14-15,22,26,30H,13,27H2,1H3,(H,29,32). The number of hydrogen-bond acceptors (Lipinski definition) is 7. The third-order valence-electron chi connectivity index (χ3n) is 4.96. The van der Waals surface area contributed by atoms with Crippen molar-refractivity contribution < 1.29 is 19.4 Å². The normalized spacial score (nSPS) is 12.0. The van der Waals surface area contributed by atoms with Gasteiger partial charge in [-0.25, -0.2) is 0 Å². The molecule has 8 heteroatoms. The average molecular weight is 444 g/mol. The van der Waals surface area contributed by atoms with Crippen molar-refractivity contribution in [2.45, 2.75) is 12.5 Å². The number of para-hydroxylation sites is 1. The van der Waals surface area contributed by atoms with Gasteiger partial charge in [0.05, 0.1) is 13.2 Å². The number of rotatable bonds is 9. The molecular weight excluding hydrogens is 420 g/mol. The third-order valence-corrected chi connectivity index (χ3v) is 4.96. The van der Waals surface area contributed by atoms with Gasteiger partial charge in [0.2, 0.25) is 0 Å². The van der Waals surface area contributed by atoms with E-state index < -0.39 is 17.7 Å². The molecular formula is C25H24N4O4. The fourth-order valence-electron chi connectivity index (χ4n) is 3.17. The Morgan fingerprint density at radius 2 is 1.85 bits per heavy atom. The van der Waals surface area contributed by atoms with E-state index in [4.69, 9.17) is 15.9 Å². The zero-order chi connectivity index (χ0) is 23.8. The molecule has 0 radical (unpaired) electrons. The lowest BCUT2D eigenvalue weighted by atomic mass is 9.97. The number of hydrogen-bond donors (Lipinski definition) is 4. The van der Waals surface area contributed by atoms with Crippen LogP contribution in [0.4, 0.5) is 0 Å². The summed E-state index contributed by atoms with van der Waals surface area (Å²) in [5.41, 5.74) is 7.19. The average Bonchev–Trinajstić information content (AvgIpc) is 2.84. The quantitative estimate of drug-likeness (QED) is 0.227. The molecule has 0 saturated heterocycles. The number of nitrogens with zero attached hydrogens (tertiary/aromatic N) is 1. The summed E-state index contributed by atoms with van der Waals surface area (Å²) in [6.45, 7) is 0. The van der Waals surface area contributed by atoms with Crippen molar-refractivity contribution in [3.05, 3.63) is 102 Å². The number of phenolic OH excluding ortho intramolecular Hbond substituents is 1. The van der Waals surface area contributed by atoms with Gasteiger partial charge in [-0.1, -0.05) is 24.3 Å². The molecule has 0 fully saturated rings. The molecule has 0 aliphatic heterocycles. The highest BCUT2D eigenvalue weighted by Gasteiger charge is 2.22. The number of benzene rings is 2. The molecule has 3 rings (SSSR count). The van der Waals surface area contributed by atoms with E-state index in [1.54, 1.807) is 67.0 Å². The number of carbonyl (C=O) groups excluding carboxylic acids is 2. The van der Waals surface area contributed by atoms with Gasteiger partial charge in [-0.15, -0.1) is 0 Å². The van der Waals surface area contributed by atoms with Gasteiger partial charge in [0.25, 0.3) is 5.91 Å². The number of aromatic nitrogens is 1. The van der Waals surface area contributed by atoms with E-state index in [2.05, 4.69) is 10.3 Å². The Labute approximate surface area is 191 Å². The molecule has 0 aliphatic rings. The molecule has 0 saturated carbocycles. The Morgan fingerprint density at radius 1 is 1.12 bits per heavy atom. The minimum Gasteiger partial charge on any atom is -0.508 e. The van der Waals surface area contributed by atoms with Crippen LogP contribution in [-0.2, 0) is 4.79 Å². The molecule has 1 unspecified atom stereocenters. The fraction of sp³-hybridized carbons (Fsp3) is 0.120. The molecule has 0 aliphatic carbocycles. The lowest BCUT2D eigenvalue weighted by Gasteiger charge is -2.21. The summed E-state index contributed by atoms with van der Waals surface area (Å²) in [6, 6.07) is 15.6. The summed E-state index contributed by atoms with van der Waals surface area (Å²) in [6.07, 6.45) is 4.28. The largest absolute Gasteiger partial charge is 0.508 e. The molecule has 2 aromatic carbocycles. The van der Waals surface area contributed by atoms with E-state index in [-0.39, 0.29) is 23.6 Å². The number of ketones is 1. The van der Waals surface area contributed by atoms with Crippen LogP contribution in [0, 0.1) is 5.41 Å². The van der Waals surface area contributed by atoms with Gasteiger partial charge in [-0.05, 0) is 36.4 Å². The van der Waals surface area contributed by atoms with Crippen molar-refractivity contribution in [2.75, 3.05) is 7.11 Å². The molecule has 5 N–H and O–H groups in total. The Bertz CT molecular complexity index is 1170. The van der Waals surface area contributed by atoms with Crippen molar-refractivity contribution in [3.8, 4) is 11.5 Å². The minimum absolute atomic E-state index is 0.0290. The summed E-state index contributed by atoms with van der Waals surface area (Å²) in [5.74, 6) is -0.557. The lowest BCUT2D eigenvalue weighted by Crippen LogP contribution is -2.34. The first-order valence-corrected chi connectivity index (χ1v) is 10.1. The van der Waals surface area contributed by atoms with Gasteiger partial charge >= 0.3 is 0 Å². The van der Waals surface area contributed by atoms with E-state index in [9.17, 15) is 14.7 Å². The molecule has 3 aromatic rings. The van der Waals surface area contributed by atoms with Gasteiger partial charge < -0.3 is 26.3 Å². The summed E-state index contributed by atoms with van der Waals surface area (Å²) in [4.78, 5) is 29.3. The first kappa shape index (κ1) is 23.2. The minimum atomic E-state index is -0.755. The second kappa shape index (κ2) is 10.7. The molecule has 8 nitrogen and oxygen atoms in total. The highest BCUT2D eigenvalue weighted by atomic mass is 16.5. The van der Waals surface area contributed by atoms with E-state index in [0.29, 0.717) is 22.4 Å².